The predicted molar refractivity (Wildman–Crippen MR) is 130 cm³/mol. The standard InChI is InChI=1S/C27H23N3O5/c1-34-19-11-7-17(8-12-19)27(18-9-13-20(35-2)14-10-18)25(32)30(26(33)29-27)16-24(31)22-15-28-23-6-4-3-5-21(22)23/h3-15,28H,16H2,1-2H3,(H,29,33). The van der Waals surface area contributed by atoms with Gasteiger partial charge in [0.1, 0.15) is 11.5 Å². The van der Waals surface area contributed by atoms with E-state index in [2.05, 4.69) is 10.3 Å². The Kier molecular flexibility index (Phi) is 5.49. The number of aromatic nitrogens is 1. The molecule has 8 nitrogen and oxygen atoms in total. The number of rotatable bonds is 7. The van der Waals surface area contributed by atoms with Gasteiger partial charge >= 0.3 is 6.03 Å². The average molecular weight is 469 g/mol. The largest absolute Gasteiger partial charge is 0.497 e. The van der Waals surface area contributed by atoms with Crippen molar-refractivity contribution in [3.63, 3.8) is 0 Å². The van der Waals surface area contributed by atoms with Gasteiger partial charge in [0.25, 0.3) is 5.91 Å². The maximum atomic E-state index is 13.9. The summed E-state index contributed by atoms with van der Waals surface area (Å²) in [5.41, 5.74) is 0.815. The molecule has 1 fully saturated rings. The number of ketones is 1. The molecule has 8 heteroatoms. The van der Waals surface area contributed by atoms with Gasteiger partial charge in [-0.2, -0.15) is 0 Å². The Balaban J connectivity index is 1.54. The molecule has 1 saturated heterocycles. The number of H-pyrrole nitrogens is 1. The van der Waals surface area contributed by atoms with E-state index in [1.165, 1.54) is 0 Å². The third-order valence-electron chi connectivity index (χ3n) is 6.34. The zero-order chi connectivity index (χ0) is 24.6. The Labute approximate surface area is 201 Å². The van der Waals surface area contributed by atoms with Gasteiger partial charge in [0.05, 0.1) is 20.8 Å². The Morgan fingerprint density at radius 3 is 2.00 bits per heavy atom. The van der Waals surface area contributed by atoms with Crippen LogP contribution >= 0.6 is 0 Å². The molecule has 3 amide bonds. The number of methoxy groups -OCH3 is 2. The number of para-hydroxylation sites is 1. The fraction of sp³-hybridized carbons (Fsp3) is 0.148. The van der Waals surface area contributed by atoms with E-state index in [9.17, 15) is 14.4 Å². The highest BCUT2D eigenvalue weighted by atomic mass is 16.5. The molecule has 0 unspecified atom stereocenters. The summed E-state index contributed by atoms with van der Waals surface area (Å²) in [4.78, 5) is 44.3. The molecule has 1 aromatic heterocycles. The summed E-state index contributed by atoms with van der Waals surface area (Å²) in [7, 11) is 3.10. The van der Waals surface area contributed by atoms with Crippen LogP contribution in [-0.2, 0) is 10.3 Å². The smallest absolute Gasteiger partial charge is 0.325 e. The molecular weight excluding hydrogens is 446 g/mol. The van der Waals surface area contributed by atoms with Crippen molar-refractivity contribution < 1.29 is 23.9 Å². The number of ether oxygens (including phenoxy) is 2. The van der Waals surface area contributed by atoms with E-state index in [-0.39, 0.29) is 12.3 Å². The third-order valence-corrected chi connectivity index (χ3v) is 6.34. The number of urea groups is 1. The Bertz CT molecular complexity index is 1380. The molecule has 0 bridgehead atoms. The summed E-state index contributed by atoms with van der Waals surface area (Å²) >= 11 is 0. The molecule has 0 aliphatic carbocycles. The molecule has 0 spiro atoms. The summed E-state index contributed by atoms with van der Waals surface area (Å²) in [6.07, 6.45) is 1.60. The van der Waals surface area contributed by atoms with Crippen molar-refractivity contribution in [1.29, 1.82) is 0 Å². The topological polar surface area (TPSA) is 101 Å². The lowest BCUT2D eigenvalue weighted by atomic mass is 9.82. The number of imide groups is 1. The lowest BCUT2D eigenvalue weighted by molar-refractivity contribution is -0.129. The van der Waals surface area contributed by atoms with Gasteiger partial charge in [-0.15, -0.1) is 0 Å². The van der Waals surface area contributed by atoms with Crippen LogP contribution in [0.15, 0.2) is 79.0 Å². The molecule has 5 rings (SSSR count). The summed E-state index contributed by atoms with van der Waals surface area (Å²) < 4.78 is 10.5. The average Bonchev–Trinajstić information content (AvgIpc) is 3.44. The summed E-state index contributed by atoms with van der Waals surface area (Å²) in [6, 6.07) is 20.5. The highest BCUT2D eigenvalue weighted by Crippen LogP contribution is 2.37. The molecule has 0 saturated carbocycles. The van der Waals surface area contributed by atoms with E-state index < -0.39 is 17.5 Å². The quantitative estimate of drug-likeness (QED) is 0.316. The van der Waals surface area contributed by atoms with Crippen molar-refractivity contribution in [3.05, 3.63) is 95.7 Å². The van der Waals surface area contributed by atoms with Crippen molar-refractivity contribution >= 4 is 28.6 Å². The molecular formula is C27H23N3O5. The number of carbonyl (C=O) groups is 3. The zero-order valence-corrected chi connectivity index (χ0v) is 19.2. The molecule has 0 atom stereocenters. The first-order valence-electron chi connectivity index (χ1n) is 11.0. The Morgan fingerprint density at radius 2 is 1.43 bits per heavy atom. The number of Topliss-reactive ketones (excluding diaryl/α,β-unsaturated/α-hetero) is 1. The summed E-state index contributed by atoms with van der Waals surface area (Å²) in [5, 5.41) is 3.60. The van der Waals surface area contributed by atoms with Gasteiger partial charge in [-0.25, -0.2) is 4.79 Å². The van der Waals surface area contributed by atoms with Crippen LogP contribution in [0, 0.1) is 0 Å². The van der Waals surface area contributed by atoms with E-state index in [1.807, 2.05) is 24.3 Å². The molecule has 3 aromatic carbocycles. The third kappa shape index (κ3) is 3.59. The highest BCUT2D eigenvalue weighted by molar-refractivity contribution is 6.15. The lowest BCUT2D eigenvalue weighted by Crippen LogP contribution is -2.45. The van der Waals surface area contributed by atoms with Crippen molar-refractivity contribution in [1.82, 2.24) is 15.2 Å². The van der Waals surface area contributed by atoms with Crippen LogP contribution in [0.1, 0.15) is 21.5 Å². The number of amides is 3. The van der Waals surface area contributed by atoms with Gasteiger partial charge in [-0.3, -0.25) is 14.5 Å². The maximum Gasteiger partial charge on any atom is 0.325 e. The molecule has 2 heterocycles. The van der Waals surface area contributed by atoms with Gasteiger partial charge in [0, 0.05) is 22.7 Å². The van der Waals surface area contributed by atoms with E-state index >= 15 is 0 Å². The van der Waals surface area contributed by atoms with Crippen molar-refractivity contribution in [2.24, 2.45) is 0 Å². The van der Waals surface area contributed by atoms with Crippen molar-refractivity contribution in [2.45, 2.75) is 5.54 Å². The number of nitrogens with zero attached hydrogens (tertiary/aromatic N) is 1. The van der Waals surface area contributed by atoms with Crippen LogP contribution in [0.5, 0.6) is 11.5 Å². The first kappa shape index (κ1) is 22.2. The van der Waals surface area contributed by atoms with Gasteiger partial charge < -0.3 is 19.8 Å². The summed E-state index contributed by atoms with van der Waals surface area (Å²) in [6.45, 7) is -0.388. The predicted octanol–water partition coefficient (Wildman–Crippen LogP) is 3.86. The zero-order valence-electron chi connectivity index (χ0n) is 19.2. The Morgan fingerprint density at radius 1 is 0.857 bits per heavy atom. The van der Waals surface area contributed by atoms with E-state index in [4.69, 9.17) is 9.47 Å². The molecule has 1 aliphatic heterocycles. The number of carbonyl (C=O) groups excluding carboxylic acids is 3. The minimum atomic E-state index is -1.50. The Hall–Kier alpha value is -4.59. The fourth-order valence-corrected chi connectivity index (χ4v) is 4.49. The molecule has 1 aliphatic rings. The van der Waals surface area contributed by atoms with Crippen LogP contribution in [0.3, 0.4) is 0 Å². The van der Waals surface area contributed by atoms with E-state index in [1.54, 1.807) is 68.9 Å². The SMILES string of the molecule is COc1ccc(C2(c3ccc(OC)cc3)NC(=O)N(CC(=O)c3c[nH]c4ccccc34)C2=O)cc1. The summed E-state index contributed by atoms with van der Waals surface area (Å²) in [5.74, 6) is 0.348. The van der Waals surface area contributed by atoms with Crippen LogP contribution in [0.2, 0.25) is 0 Å². The molecule has 4 aromatic rings. The van der Waals surface area contributed by atoms with Gasteiger partial charge in [-0.1, -0.05) is 42.5 Å². The molecule has 2 N–H and O–H groups in total. The minimum absolute atomic E-state index is 0.341. The lowest BCUT2D eigenvalue weighted by Gasteiger charge is -2.28. The number of nitrogens with one attached hydrogen (secondary N) is 2. The highest BCUT2D eigenvalue weighted by Gasteiger charge is 2.54. The van der Waals surface area contributed by atoms with Crippen LogP contribution in [-0.4, -0.2) is 48.4 Å². The first-order chi connectivity index (χ1) is 17.0. The minimum Gasteiger partial charge on any atom is -0.497 e. The second-order valence-electron chi connectivity index (χ2n) is 8.20. The molecule has 35 heavy (non-hydrogen) atoms. The molecule has 0 radical (unpaired) electrons. The number of hydrogen-bond donors (Lipinski definition) is 2. The van der Waals surface area contributed by atoms with E-state index in [0.717, 1.165) is 15.8 Å². The monoisotopic (exact) mass is 469 g/mol. The normalized spacial score (nSPS) is 14.7. The fourth-order valence-electron chi connectivity index (χ4n) is 4.49. The van der Waals surface area contributed by atoms with Crippen LogP contribution < -0.4 is 14.8 Å². The number of aromatic amines is 1. The van der Waals surface area contributed by atoms with Crippen molar-refractivity contribution in [2.75, 3.05) is 20.8 Å². The second-order valence-corrected chi connectivity index (χ2v) is 8.20. The van der Waals surface area contributed by atoms with E-state index in [0.29, 0.717) is 28.2 Å². The van der Waals surface area contributed by atoms with Crippen LogP contribution in [0.25, 0.3) is 10.9 Å². The maximum absolute atomic E-state index is 13.9. The van der Waals surface area contributed by atoms with Crippen molar-refractivity contribution in [3.8, 4) is 11.5 Å². The van der Waals surface area contributed by atoms with Gasteiger partial charge in [0.15, 0.2) is 11.3 Å². The van der Waals surface area contributed by atoms with Crippen LogP contribution in [0.4, 0.5) is 4.79 Å². The second kappa shape index (κ2) is 8.64. The molecule has 176 valence electrons. The number of hydrogen-bond acceptors (Lipinski definition) is 5. The number of fused-ring (bicyclic) bond motifs is 1. The first-order valence-corrected chi connectivity index (χ1v) is 11.0. The number of benzene rings is 3. The van der Waals surface area contributed by atoms with Gasteiger partial charge in [0.2, 0.25) is 0 Å². The van der Waals surface area contributed by atoms with Gasteiger partial charge in [-0.05, 0) is 41.5 Å².